The Morgan fingerprint density at radius 3 is 2.76 bits per heavy atom. The van der Waals surface area contributed by atoms with Gasteiger partial charge in [-0.15, -0.1) is 5.10 Å². The highest BCUT2D eigenvalue weighted by atomic mass is 16.3. The van der Waals surface area contributed by atoms with Gasteiger partial charge < -0.3 is 10.4 Å². The van der Waals surface area contributed by atoms with E-state index in [1.54, 1.807) is 4.68 Å². The van der Waals surface area contributed by atoms with Gasteiger partial charge in [0.05, 0.1) is 18.2 Å². The van der Waals surface area contributed by atoms with Gasteiger partial charge in [0.25, 0.3) is 0 Å². The summed E-state index contributed by atoms with van der Waals surface area (Å²) >= 11 is 0. The van der Waals surface area contributed by atoms with E-state index in [0.29, 0.717) is 13.0 Å². The Balaban J connectivity index is 1.84. The third-order valence-corrected chi connectivity index (χ3v) is 3.07. The van der Waals surface area contributed by atoms with E-state index >= 15 is 0 Å². The topological polar surface area (TPSA) is 92.9 Å². The van der Waals surface area contributed by atoms with Gasteiger partial charge in [-0.1, -0.05) is 25.5 Å². The van der Waals surface area contributed by atoms with Crippen molar-refractivity contribution < 1.29 is 9.90 Å². The van der Waals surface area contributed by atoms with Gasteiger partial charge in [0.15, 0.2) is 0 Å². The van der Waals surface area contributed by atoms with Crippen molar-refractivity contribution >= 4 is 5.91 Å². The maximum Gasteiger partial charge on any atom is 0.224 e. The van der Waals surface area contributed by atoms with E-state index < -0.39 is 6.10 Å². The highest BCUT2D eigenvalue weighted by Gasteiger charge is 2.07. The Kier molecular flexibility index (Phi) is 5.39. The minimum Gasteiger partial charge on any atom is -0.391 e. The van der Waals surface area contributed by atoms with E-state index in [1.807, 2.05) is 31.2 Å². The van der Waals surface area contributed by atoms with Gasteiger partial charge in [0.1, 0.15) is 6.33 Å². The van der Waals surface area contributed by atoms with Crippen LogP contribution in [0.3, 0.4) is 0 Å². The van der Waals surface area contributed by atoms with Gasteiger partial charge in [-0.25, -0.2) is 4.68 Å². The number of aliphatic hydroxyl groups excluding tert-OH is 1. The van der Waals surface area contributed by atoms with Gasteiger partial charge in [0.2, 0.25) is 5.91 Å². The van der Waals surface area contributed by atoms with Crippen molar-refractivity contribution in [1.82, 2.24) is 25.5 Å². The number of aromatic nitrogens is 4. The fraction of sp³-hybridized carbons (Fsp3) is 0.429. The summed E-state index contributed by atoms with van der Waals surface area (Å²) in [5.41, 5.74) is 1.73. The summed E-state index contributed by atoms with van der Waals surface area (Å²) in [5, 5.41) is 23.2. The molecule has 2 rings (SSSR count). The zero-order valence-electron chi connectivity index (χ0n) is 11.9. The van der Waals surface area contributed by atoms with Crippen LogP contribution < -0.4 is 5.32 Å². The molecular weight excluding hydrogens is 270 g/mol. The average molecular weight is 289 g/mol. The van der Waals surface area contributed by atoms with Crippen LogP contribution in [0.15, 0.2) is 30.6 Å². The van der Waals surface area contributed by atoms with Gasteiger partial charge in [-0.3, -0.25) is 4.79 Å². The fourth-order valence-electron chi connectivity index (χ4n) is 1.96. The predicted molar refractivity (Wildman–Crippen MR) is 76.8 cm³/mol. The first-order chi connectivity index (χ1) is 10.2. The number of tetrazole rings is 1. The molecule has 7 nitrogen and oxygen atoms in total. The average Bonchev–Trinajstić information content (AvgIpc) is 3.00. The van der Waals surface area contributed by atoms with Crippen LogP contribution in [-0.2, 0) is 11.2 Å². The number of aliphatic hydroxyl groups is 1. The predicted octanol–water partition coefficient (Wildman–Crippen LogP) is 0.482. The van der Waals surface area contributed by atoms with Crippen LogP contribution in [0, 0.1) is 0 Å². The van der Waals surface area contributed by atoms with Crippen molar-refractivity contribution in [2.24, 2.45) is 0 Å². The Morgan fingerprint density at radius 2 is 2.14 bits per heavy atom. The molecule has 0 fully saturated rings. The highest BCUT2D eigenvalue weighted by Crippen LogP contribution is 2.08. The lowest BCUT2D eigenvalue weighted by Crippen LogP contribution is -2.33. The van der Waals surface area contributed by atoms with E-state index in [-0.39, 0.29) is 12.3 Å². The van der Waals surface area contributed by atoms with Crippen LogP contribution in [0.1, 0.15) is 25.3 Å². The molecule has 1 aromatic carbocycles. The molecule has 1 atom stereocenters. The first kappa shape index (κ1) is 15.1. The molecule has 2 aromatic rings. The number of nitrogens with zero attached hydrogens (tertiary/aromatic N) is 4. The number of carbonyl (C=O) groups excluding carboxylic acids is 1. The summed E-state index contributed by atoms with van der Waals surface area (Å²) in [6, 6.07) is 7.42. The molecule has 0 saturated carbocycles. The summed E-state index contributed by atoms with van der Waals surface area (Å²) in [6.07, 6.45) is 2.92. The molecule has 0 radical (unpaired) electrons. The number of hydrogen-bond acceptors (Lipinski definition) is 5. The van der Waals surface area contributed by atoms with E-state index in [4.69, 9.17) is 0 Å². The molecule has 1 aromatic heterocycles. The molecule has 1 unspecified atom stereocenters. The lowest BCUT2D eigenvalue weighted by molar-refractivity contribution is -0.120. The third kappa shape index (κ3) is 4.64. The lowest BCUT2D eigenvalue weighted by atomic mass is 10.1. The zero-order valence-corrected chi connectivity index (χ0v) is 11.9. The van der Waals surface area contributed by atoms with Crippen LogP contribution >= 0.6 is 0 Å². The molecule has 0 aliphatic heterocycles. The van der Waals surface area contributed by atoms with Crippen LogP contribution in [0.4, 0.5) is 0 Å². The molecule has 7 heteroatoms. The molecule has 0 saturated heterocycles. The van der Waals surface area contributed by atoms with Gasteiger partial charge in [-0.05, 0) is 34.5 Å². The molecule has 0 aliphatic carbocycles. The molecule has 112 valence electrons. The summed E-state index contributed by atoms with van der Waals surface area (Å²) in [5.74, 6) is -0.0969. The third-order valence-electron chi connectivity index (χ3n) is 3.07. The SMILES string of the molecule is CCCC(O)CNC(=O)Cc1ccc(-n2cnnn2)cc1. The highest BCUT2D eigenvalue weighted by molar-refractivity contribution is 5.78. The number of rotatable bonds is 7. The number of benzene rings is 1. The Labute approximate surface area is 123 Å². The molecule has 21 heavy (non-hydrogen) atoms. The van der Waals surface area contributed by atoms with Crippen LogP contribution in [-0.4, -0.2) is 43.9 Å². The zero-order chi connectivity index (χ0) is 15.1. The monoisotopic (exact) mass is 289 g/mol. The van der Waals surface area contributed by atoms with Gasteiger partial charge in [0, 0.05) is 6.54 Å². The van der Waals surface area contributed by atoms with Gasteiger partial charge >= 0.3 is 0 Å². The number of carbonyl (C=O) groups is 1. The maximum atomic E-state index is 11.8. The van der Waals surface area contributed by atoms with Gasteiger partial charge in [-0.2, -0.15) is 0 Å². The Morgan fingerprint density at radius 1 is 1.38 bits per heavy atom. The van der Waals surface area contributed by atoms with Crippen LogP contribution in [0.25, 0.3) is 5.69 Å². The van der Waals surface area contributed by atoms with Crippen LogP contribution in [0.2, 0.25) is 0 Å². The molecule has 2 N–H and O–H groups in total. The van der Waals surface area contributed by atoms with Crippen molar-refractivity contribution in [3.05, 3.63) is 36.2 Å². The summed E-state index contributed by atoms with van der Waals surface area (Å²) in [7, 11) is 0. The molecule has 0 aliphatic rings. The van der Waals surface area contributed by atoms with Crippen molar-refractivity contribution in [2.75, 3.05) is 6.54 Å². The minimum absolute atomic E-state index is 0.0969. The van der Waals surface area contributed by atoms with Crippen molar-refractivity contribution in [1.29, 1.82) is 0 Å². The van der Waals surface area contributed by atoms with E-state index in [1.165, 1.54) is 6.33 Å². The van der Waals surface area contributed by atoms with Crippen molar-refractivity contribution in [3.63, 3.8) is 0 Å². The Bertz CT molecular complexity index is 553. The van der Waals surface area contributed by atoms with E-state index in [2.05, 4.69) is 20.8 Å². The Hall–Kier alpha value is -2.28. The molecule has 1 amide bonds. The quantitative estimate of drug-likeness (QED) is 0.773. The molecule has 0 spiro atoms. The second-order valence-corrected chi connectivity index (χ2v) is 4.84. The van der Waals surface area contributed by atoms with E-state index in [9.17, 15) is 9.90 Å². The second kappa shape index (κ2) is 7.49. The van der Waals surface area contributed by atoms with E-state index in [0.717, 1.165) is 17.7 Å². The first-order valence-corrected chi connectivity index (χ1v) is 6.96. The first-order valence-electron chi connectivity index (χ1n) is 6.96. The fourth-order valence-corrected chi connectivity index (χ4v) is 1.96. The second-order valence-electron chi connectivity index (χ2n) is 4.84. The smallest absolute Gasteiger partial charge is 0.224 e. The number of amides is 1. The van der Waals surface area contributed by atoms with Crippen LogP contribution in [0.5, 0.6) is 0 Å². The standard InChI is InChI=1S/C14H19N5O2/c1-2-3-13(20)9-15-14(21)8-11-4-6-12(7-5-11)19-10-16-17-18-19/h4-7,10,13,20H,2-3,8-9H2,1H3,(H,15,21). The molecule has 1 heterocycles. The summed E-state index contributed by atoms with van der Waals surface area (Å²) < 4.78 is 1.55. The molecular formula is C14H19N5O2. The van der Waals surface area contributed by atoms with Crippen molar-refractivity contribution in [3.8, 4) is 5.69 Å². The minimum atomic E-state index is -0.471. The van der Waals surface area contributed by atoms with Crippen molar-refractivity contribution in [2.45, 2.75) is 32.3 Å². The number of nitrogens with one attached hydrogen (secondary N) is 1. The molecule has 0 bridgehead atoms. The summed E-state index contributed by atoms with van der Waals surface area (Å²) in [6.45, 7) is 2.30. The summed E-state index contributed by atoms with van der Waals surface area (Å²) in [4.78, 5) is 11.8. The lowest BCUT2D eigenvalue weighted by Gasteiger charge is -2.10. The number of hydrogen-bond donors (Lipinski definition) is 2. The normalized spacial score (nSPS) is 12.1. The largest absolute Gasteiger partial charge is 0.391 e. The maximum absolute atomic E-state index is 11.8.